The number of methoxy groups -OCH3 is 1. The Labute approximate surface area is 123 Å². The number of ether oxygens (including phenoxy) is 1. The van der Waals surface area contributed by atoms with Crippen LogP contribution in [0.2, 0.25) is 0 Å². The molecule has 8 heteroatoms. The van der Waals surface area contributed by atoms with Crippen LogP contribution in [0.15, 0.2) is 29.2 Å². The molecular weight excluding hydrogens is 296 g/mol. The summed E-state index contributed by atoms with van der Waals surface area (Å²) in [4.78, 5) is 23.8. The Morgan fingerprint density at radius 1 is 1.19 bits per heavy atom. The molecule has 1 N–H and O–H groups in total. The highest BCUT2D eigenvalue weighted by molar-refractivity contribution is 7.89. The second-order valence-electron chi connectivity index (χ2n) is 4.51. The number of amides is 1. The van der Waals surface area contributed by atoms with E-state index >= 15 is 0 Å². The van der Waals surface area contributed by atoms with Gasteiger partial charge in [0, 0.05) is 14.1 Å². The monoisotopic (exact) mass is 314 g/mol. The number of likely N-dealkylation sites (N-methyl/N-ethyl adjacent to an activating group) is 1. The van der Waals surface area contributed by atoms with Crippen LogP contribution in [0.3, 0.4) is 0 Å². The van der Waals surface area contributed by atoms with Gasteiger partial charge < -0.3 is 9.64 Å². The summed E-state index contributed by atoms with van der Waals surface area (Å²) in [6, 6.07) is 5.81. The lowest BCUT2D eigenvalue weighted by Gasteiger charge is -2.11. The van der Waals surface area contributed by atoms with Gasteiger partial charge >= 0.3 is 5.97 Å². The largest absolute Gasteiger partial charge is 0.469 e. The van der Waals surface area contributed by atoms with E-state index in [2.05, 4.69) is 9.46 Å². The number of carbonyl (C=O) groups is 2. The van der Waals surface area contributed by atoms with Crippen molar-refractivity contribution in [1.29, 1.82) is 0 Å². The fourth-order valence-electron chi connectivity index (χ4n) is 1.42. The minimum atomic E-state index is -3.75. The number of hydrogen-bond acceptors (Lipinski definition) is 5. The van der Waals surface area contributed by atoms with Crippen LogP contribution < -0.4 is 4.72 Å². The minimum absolute atomic E-state index is 0.0303. The summed E-state index contributed by atoms with van der Waals surface area (Å²) in [6.07, 6.45) is 0.0728. The highest BCUT2D eigenvalue weighted by Gasteiger charge is 2.16. The second kappa shape index (κ2) is 7.19. The molecule has 1 rings (SSSR count). The van der Waals surface area contributed by atoms with Crippen LogP contribution in [0.4, 0.5) is 0 Å². The smallest absolute Gasteiger partial charge is 0.309 e. The van der Waals surface area contributed by atoms with Gasteiger partial charge in [-0.05, 0) is 17.7 Å². The number of sulfonamides is 1. The van der Waals surface area contributed by atoms with Crippen LogP contribution in [0.25, 0.3) is 0 Å². The van der Waals surface area contributed by atoms with E-state index in [0.29, 0.717) is 5.56 Å². The Morgan fingerprint density at radius 2 is 1.76 bits per heavy atom. The van der Waals surface area contributed by atoms with E-state index in [1.54, 1.807) is 0 Å². The van der Waals surface area contributed by atoms with E-state index < -0.39 is 16.0 Å². The SMILES string of the molecule is COC(=O)Cc1ccc(S(=O)(=O)NCC(=O)N(C)C)cc1. The fraction of sp³-hybridized carbons (Fsp3) is 0.385. The average molecular weight is 314 g/mol. The third-order valence-electron chi connectivity index (χ3n) is 2.72. The van der Waals surface area contributed by atoms with Crippen LogP contribution in [-0.4, -0.2) is 52.9 Å². The Balaban J connectivity index is 2.76. The molecule has 0 saturated carbocycles. The lowest BCUT2D eigenvalue weighted by atomic mass is 10.2. The summed E-state index contributed by atoms with van der Waals surface area (Å²) < 4.78 is 30.7. The predicted octanol–water partition coefficient (Wildman–Crippen LogP) is -0.231. The molecule has 0 spiro atoms. The molecule has 7 nitrogen and oxygen atoms in total. The van der Waals surface area contributed by atoms with Crippen molar-refractivity contribution >= 4 is 21.9 Å². The fourth-order valence-corrected chi connectivity index (χ4v) is 2.40. The van der Waals surface area contributed by atoms with Crippen LogP contribution in [-0.2, 0) is 30.8 Å². The van der Waals surface area contributed by atoms with Gasteiger partial charge in [0.25, 0.3) is 0 Å². The van der Waals surface area contributed by atoms with Gasteiger partial charge in [-0.25, -0.2) is 13.1 Å². The number of rotatable bonds is 6. The van der Waals surface area contributed by atoms with Crippen molar-refractivity contribution in [3.8, 4) is 0 Å². The Morgan fingerprint density at radius 3 is 2.24 bits per heavy atom. The molecule has 0 atom stereocenters. The molecule has 0 bridgehead atoms. The first-order chi connectivity index (χ1) is 9.76. The van der Waals surface area contributed by atoms with Crippen molar-refractivity contribution in [2.24, 2.45) is 0 Å². The molecule has 0 aliphatic carbocycles. The standard InChI is InChI=1S/C13H18N2O5S/c1-15(2)12(16)9-14-21(18,19)11-6-4-10(5-7-11)8-13(17)20-3/h4-7,14H,8-9H2,1-3H3. The molecule has 116 valence electrons. The van der Waals surface area contributed by atoms with Gasteiger partial charge in [0.1, 0.15) is 0 Å². The first-order valence-electron chi connectivity index (χ1n) is 6.12. The Kier molecular flexibility index (Phi) is 5.86. The molecular formula is C13H18N2O5S. The number of nitrogens with one attached hydrogen (secondary N) is 1. The summed E-state index contributed by atoms with van der Waals surface area (Å²) >= 11 is 0. The van der Waals surface area contributed by atoms with E-state index in [0.717, 1.165) is 0 Å². The lowest BCUT2D eigenvalue weighted by Crippen LogP contribution is -2.36. The van der Waals surface area contributed by atoms with Crippen LogP contribution >= 0.6 is 0 Å². The third kappa shape index (κ3) is 5.16. The highest BCUT2D eigenvalue weighted by Crippen LogP contribution is 2.11. The molecule has 0 fully saturated rings. The summed E-state index contributed by atoms with van der Waals surface area (Å²) in [5, 5.41) is 0. The number of benzene rings is 1. The zero-order chi connectivity index (χ0) is 16.0. The first-order valence-corrected chi connectivity index (χ1v) is 7.60. The van der Waals surface area contributed by atoms with Gasteiger partial charge in [0.15, 0.2) is 0 Å². The zero-order valence-corrected chi connectivity index (χ0v) is 12.9. The number of carbonyl (C=O) groups excluding carboxylic acids is 2. The molecule has 0 heterocycles. The van der Waals surface area contributed by atoms with Crippen LogP contribution in [0, 0.1) is 0 Å². The maximum absolute atomic E-state index is 12.0. The normalized spacial score (nSPS) is 11.0. The molecule has 0 aliphatic rings. The molecule has 0 aliphatic heterocycles. The van der Waals surface area contributed by atoms with Gasteiger partial charge in [0.05, 0.1) is 25.0 Å². The number of hydrogen-bond donors (Lipinski definition) is 1. The summed E-state index contributed by atoms with van der Waals surface area (Å²) in [5.41, 5.74) is 0.644. The Hall–Kier alpha value is -1.93. The second-order valence-corrected chi connectivity index (χ2v) is 6.28. The summed E-state index contributed by atoms with van der Waals surface area (Å²) in [7, 11) is 0.611. The van der Waals surface area contributed by atoms with Crippen molar-refractivity contribution in [2.75, 3.05) is 27.7 Å². The molecule has 21 heavy (non-hydrogen) atoms. The average Bonchev–Trinajstić information content (AvgIpc) is 2.45. The van der Waals surface area contributed by atoms with E-state index in [1.165, 1.54) is 50.4 Å². The Bertz CT molecular complexity index is 608. The number of esters is 1. The zero-order valence-electron chi connectivity index (χ0n) is 12.1. The number of nitrogens with zero attached hydrogens (tertiary/aromatic N) is 1. The van der Waals surface area contributed by atoms with Gasteiger partial charge in [-0.15, -0.1) is 0 Å². The van der Waals surface area contributed by atoms with Gasteiger partial charge in [-0.1, -0.05) is 12.1 Å². The molecule has 0 saturated heterocycles. The first kappa shape index (κ1) is 17.1. The highest BCUT2D eigenvalue weighted by atomic mass is 32.2. The quantitative estimate of drug-likeness (QED) is 0.732. The maximum Gasteiger partial charge on any atom is 0.309 e. The van der Waals surface area contributed by atoms with E-state index in [9.17, 15) is 18.0 Å². The van der Waals surface area contributed by atoms with E-state index in [4.69, 9.17) is 0 Å². The van der Waals surface area contributed by atoms with Crippen molar-refractivity contribution in [1.82, 2.24) is 9.62 Å². The topological polar surface area (TPSA) is 92.8 Å². The summed E-state index contributed by atoms with van der Waals surface area (Å²) in [5.74, 6) is -0.749. The van der Waals surface area contributed by atoms with E-state index in [1.807, 2.05) is 0 Å². The van der Waals surface area contributed by atoms with Crippen LogP contribution in [0.1, 0.15) is 5.56 Å². The molecule has 0 aromatic heterocycles. The molecule has 1 amide bonds. The van der Waals surface area contributed by atoms with Crippen molar-refractivity contribution in [3.63, 3.8) is 0 Å². The third-order valence-corrected chi connectivity index (χ3v) is 4.14. The van der Waals surface area contributed by atoms with Crippen LogP contribution in [0.5, 0.6) is 0 Å². The van der Waals surface area contributed by atoms with Gasteiger partial charge in [0.2, 0.25) is 15.9 Å². The maximum atomic E-state index is 12.0. The van der Waals surface area contributed by atoms with Crippen molar-refractivity contribution in [3.05, 3.63) is 29.8 Å². The van der Waals surface area contributed by atoms with Gasteiger partial charge in [-0.2, -0.15) is 0 Å². The predicted molar refractivity (Wildman–Crippen MR) is 76.0 cm³/mol. The van der Waals surface area contributed by atoms with Crippen molar-refractivity contribution in [2.45, 2.75) is 11.3 Å². The molecule has 1 aromatic rings. The van der Waals surface area contributed by atoms with Gasteiger partial charge in [-0.3, -0.25) is 9.59 Å². The minimum Gasteiger partial charge on any atom is -0.469 e. The van der Waals surface area contributed by atoms with Crippen molar-refractivity contribution < 1.29 is 22.7 Å². The molecule has 0 radical (unpaired) electrons. The van der Waals surface area contributed by atoms with E-state index in [-0.39, 0.29) is 23.8 Å². The summed E-state index contributed by atoms with van der Waals surface area (Å²) in [6.45, 7) is -0.306. The molecule has 0 unspecified atom stereocenters. The molecule has 1 aromatic carbocycles. The lowest BCUT2D eigenvalue weighted by molar-refractivity contribution is -0.139.